The van der Waals surface area contributed by atoms with Crippen LogP contribution in [0.4, 0.5) is 4.79 Å². The molecular formula is C18H32N2O3S. The zero-order chi connectivity index (χ0) is 18.7. The van der Waals surface area contributed by atoms with Crippen LogP contribution in [-0.4, -0.2) is 39.8 Å². The van der Waals surface area contributed by atoms with Crippen LogP contribution in [0.25, 0.3) is 0 Å². The van der Waals surface area contributed by atoms with E-state index >= 15 is 0 Å². The highest BCUT2D eigenvalue weighted by atomic mass is 32.1. The number of hydrogen-bond acceptors (Lipinski definition) is 5. The Morgan fingerprint density at radius 3 is 2.38 bits per heavy atom. The molecule has 0 unspecified atom stereocenters. The SMILES string of the molecule is CCc1nc([C@H](O)C[C@H](C(C)C)N(C)C(=O)OC(C)(C)C)sc1C. The number of thiazole rings is 1. The van der Waals surface area contributed by atoms with Gasteiger partial charge in [0.25, 0.3) is 0 Å². The third-order valence-corrected chi connectivity index (χ3v) is 5.06. The summed E-state index contributed by atoms with van der Waals surface area (Å²) in [6.07, 6.45) is 0.272. The Balaban J connectivity index is 2.86. The van der Waals surface area contributed by atoms with Gasteiger partial charge in [0, 0.05) is 24.4 Å². The van der Waals surface area contributed by atoms with Gasteiger partial charge in [0.05, 0.1) is 5.69 Å². The fraction of sp³-hybridized carbons (Fsp3) is 0.778. The third kappa shape index (κ3) is 5.74. The van der Waals surface area contributed by atoms with Crippen LogP contribution in [0.2, 0.25) is 0 Å². The Morgan fingerprint density at radius 1 is 1.38 bits per heavy atom. The zero-order valence-electron chi connectivity index (χ0n) is 16.2. The number of aliphatic hydroxyl groups excluding tert-OH is 1. The van der Waals surface area contributed by atoms with Crippen molar-refractivity contribution in [2.75, 3.05) is 7.05 Å². The van der Waals surface area contributed by atoms with Crippen molar-refractivity contribution in [3.8, 4) is 0 Å². The summed E-state index contributed by atoms with van der Waals surface area (Å²) in [4.78, 5) is 19.6. The molecule has 1 rings (SSSR count). The number of aliphatic hydroxyl groups is 1. The maximum Gasteiger partial charge on any atom is 0.410 e. The zero-order valence-corrected chi connectivity index (χ0v) is 17.0. The minimum atomic E-state index is -0.675. The van der Waals surface area contributed by atoms with Crippen molar-refractivity contribution in [3.63, 3.8) is 0 Å². The minimum Gasteiger partial charge on any atom is -0.444 e. The maximum atomic E-state index is 12.3. The van der Waals surface area contributed by atoms with Crippen LogP contribution in [0.5, 0.6) is 0 Å². The summed E-state index contributed by atoms with van der Waals surface area (Å²) in [6, 6.07) is -0.121. The summed E-state index contributed by atoms with van der Waals surface area (Å²) in [5.41, 5.74) is 0.504. The second kappa shape index (κ2) is 8.30. The molecule has 0 aliphatic carbocycles. The van der Waals surface area contributed by atoms with E-state index in [1.54, 1.807) is 11.9 Å². The van der Waals surface area contributed by atoms with Crippen molar-refractivity contribution in [1.29, 1.82) is 0 Å². The number of amides is 1. The summed E-state index contributed by atoms with van der Waals surface area (Å²) < 4.78 is 5.45. The van der Waals surface area contributed by atoms with Gasteiger partial charge in [-0.15, -0.1) is 11.3 Å². The first kappa shape index (κ1) is 20.9. The predicted octanol–water partition coefficient (Wildman–Crippen LogP) is 4.33. The second-order valence-electron chi connectivity index (χ2n) is 7.56. The van der Waals surface area contributed by atoms with E-state index in [1.165, 1.54) is 11.3 Å². The summed E-state index contributed by atoms with van der Waals surface area (Å²) in [7, 11) is 1.73. The molecule has 0 fully saturated rings. The highest BCUT2D eigenvalue weighted by Gasteiger charge is 2.30. The van der Waals surface area contributed by atoms with E-state index in [-0.39, 0.29) is 18.1 Å². The normalized spacial score (nSPS) is 14.6. The molecule has 0 spiro atoms. The monoisotopic (exact) mass is 356 g/mol. The second-order valence-corrected chi connectivity index (χ2v) is 8.80. The molecule has 5 nitrogen and oxygen atoms in total. The largest absolute Gasteiger partial charge is 0.444 e. The predicted molar refractivity (Wildman–Crippen MR) is 98.4 cm³/mol. The number of aryl methyl sites for hydroxylation is 2. The van der Waals surface area contributed by atoms with Crippen molar-refractivity contribution in [3.05, 3.63) is 15.6 Å². The molecule has 0 saturated carbocycles. The first-order valence-corrected chi connectivity index (χ1v) is 9.38. The van der Waals surface area contributed by atoms with Crippen LogP contribution >= 0.6 is 11.3 Å². The molecule has 1 aromatic rings. The van der Waals surface area contributed by atoms with Gasteiger partial charge in [-0.25, -0.2) is 9.78 Å². The molecule has 0 aliphatic rings. The van der Waals surface area contributed by atoms with Crippen LogP contribution in [0, 0.1) is 12.8 Å². The molecule has 24 heavy (non-hydrogen) atoms. The fourth-order valence-electron chi connectivity index (χ4n) is 2.60. The molecule has 0 aliphatic heterocycles. The van der Waals surface area contributed by atoms with Gasteiger partial charge in [0.1, 0.15) is 16.7 Å². The highest BCUT2D eigenvalue weighted by Crippen LogP contribution is 2.29. The summed E-state index contributed by atoms with van der Waals surface area (Å²) in [6.45, 7) is 13.7. The van der Waals surface area contributed by atoms with Crippen molar-refractivity contribution in [2.45, 2.75) is 79.1 Å². The van der Waals surface area contributed by atoms with E-state index in [1.807, 2.05) is 41.5 Å². The lowest BCUT2D eigenvalue weighted by Gasteiger charge is -2.34. The Hall–Kier alpha value is -1.14. The van der Waals surface area contributed by atoms with Gasteiger partial charge in [-0.3, -0.25) is 0 Å². The van der Waals surface area contributed by atoms with Crippen molar-refractivity contribution in [2.24, 2.45) is 5.92 Å². The Labute approximate surface area is 150 Å². The van der Waals surface area contributed by atoms with E-state index < -0.39 is 11.7 Å². The number of carbonyl (C=O) groups is 1. The minimum absolute atomic E-state index is 0.121. The maximum absolute atomic E-state index is 12.3. The van der Waals surface area contributed by atoms with Gasteiger partial charge in [0.15, 0.2) is 0 Å². The number of ether oxygens (including phenoxy) is 1. The summed E-state index contributed by atoms with van der Waals surface area (Å²) in [5.74, 6) is 0.198. The topological polar surface area (TPSA) is 62.7 Å². The molecule has 6 heteroatoms. The molecule has 1 heterocycles. The molecule has 0 radical (unpaired) electrons. The molecule has 1 aromatic heterocycles. The summed E-state index contributed by atoms with van der Waals surface area (Å²) >= 11 is 1.54. The molecular weight excluding hydrogens is 324 g/mol. The first-order chi connectivity index (χ1) is 11.0. The molecule has 138 valence electrons. The van der Waals surface area contributed by atoms with Crippen molar-refractivity contribution >= 4 is 17.4 Å². The fourth-order valence-corrected chi connectivity index (χ4v) is 3.61. The average Bonchev–Trinajstić information content (AvgIpc) is 2.82. The van der Waals surface area contributed by atoms with Gasteiger partial charge >= 0.3 is 6.09 Å². The quantitative estimate of drug-likeness (QED) is 0.824. The van der Waals surface area contributed by atoms with Gasteiger partial charge in [0.2, 0.25) is 0 Å². The van der Waals surface area contributed by atoms with Crippen molar-refractivity contribution in [1.82, 2.24) is 9.88 Å². The molecule has 0 aromatic carbocycles. The van der Waals surface area contributed by atoms with Gasteiger partial charge in [-0.05, 0) is 40.0 Å². The lowest BCUT2D eigenvalue weighted by molar-refractivity contribution is 0.0106. The molecule has 2 atom stereocenters. The van der Waals surface area contributed by atoms with E-state index in [4.69, 9.17) is 4.74 Å². The molecule has 0 saturated heterocycles. The first-order valence-electron chi connectivity index (χ1n) is 8.56. The Bertz CT molecular complexity index is 549. The van der Waals surface area contributed by atoms with Gasteiger partial charge in [-0.2, -0.15) is 0 Å². The molecule has 0 bridgehead atoms. The number of hydrogen-bond donors (Lipinski definition) is 1. The van der Waals surface area contributed by atoms with Crippen LogP contribution < -0.4 is 0 Å². The molecule has 1 N–H and O–H groups in total. The average molecular weight is 357 g/mol. The Morgan fingerprint density at radius 2 is 1.96 bits per heavy atom. The van der Waals surface area contributed by atoms with Crippen LogP contribution in [-0.2, 0) is 11.2 Å². The Kier molecular flexibility index (Phi) is 7.23. The van der Waals surface area contributed by atoms with Crippen molar-refractivity contribution < 1.29 is 14.6 Å². The number of aromatic nitrogens is 1. The standard InChI is InChI=1S/C18H32N2O3S/c1-9-13-12(4)24-16(19-13)15(21)10-14(11(2)3)20(8)17(22)23-18(5,6)7/h11,14-15,21H,9-10H2,1-8H3/t14-,15-/m1/s1. The highest BCUT2D eigenvalue weighted by molar-refractivity contribution is 7.11. The van der Waals surface area contributed by atoms with E-state index in [0.29, 0.717) is 6.42 Å². The van der Waals surface area contributed by atoms with Crippen LogP contribution in [0.1, 0.15) is 69.6 Å². The third-order valence-electron chi connectivity index (χ3n) is 3.94. The summed E-state index contributed by atoms with van der Waals surface area (Å²) in [5, 5.41) is 11.3. The number of nitrogens with zero attached hydrogens (tertiary/aromatic N) is 2. The smallest absolute Gasteiger partial charge is 0.410 e. The lowest BCUT2D eigenvalue weighted by Crippen LogP contribution is -2.44. The van der Waals surface area contributed by atoms with Gasteiger partial charge < -0.3 is 14.7 Å². The molecule has 1 amide bonds. The van der Waals surface area contributed by atoms with Crippen LogP contribution in [0.15, 0.2) is 0 Å². The van der Waals surface area contributed by atoms with E-state index in [0.717, 1.165) is 22.0 Å². The van der Waals surface area contributed by atoms with Crippen LogP contribution in [0.3, 0.4) is 0 Å². The number of rotatable bonds is 6. The lowest BCUT2D eigenvalue weighted by atomic mass is 9.97. The van der Waals surface area contributed by atoms with E-state index in [2.05, 4.69) is 11.9 Å². The van der Waals surface area contributed by atoms with Gasteiger partial charge in [-0.1, -0.05) is 20.8 Å². The number of carbonyl (C=O) groups excluding carboxylic acids is 1. The van der Waals surface area contributed by atoms with E-state index in [9.17, 15) is 9.90 Å².